The van der Waals surface area contributed by atoms with Gasteiger partial charge in [0.25, 0.3) is 0 Å². The lowest BCUT2D eigenvalue weighted by Gasteiger charge is -2.44. The maximum atomic E-state index is 11.7. The second-order valence-electron chi connectivity index (χ2n) is 10.0. The lowest BCUT2D eigenvalue weighted by molar-refractivity contribution is -0.137. The molecule has 30 heavy (non-hydrogen) atoms. The summed E-state index contributed by atoms with van der Waals surface area (Å²) in [6.07, 6.45) is 5.77. The Hall–Kier alpha value is -2.35. The minimum atomic E-state index is -0.298. The monoisotopic (exact) mass is 404 g/mol. The molecular weight excluding hydrogens is 368 g/mol. The number of carbonyl (C=O) groups excluding carboxylic acids is 1. The largest absolute Gasteiger partial charge is 0.463 e. The van der Waals surface area contributed by atoms with Gasteiger partial charge in [0.15, 0.2) is 0 Å². The molecule has 0 N–H and O–H groups in total. The maximum absolute atomic E-state index is 11.7. The Bertz CT molecular complexity index is 963. The first-order valence-electron chi connectivity index (χ1n) is 11.2. The molecule has 0 saturated heterocycles. The molecule has 0 saturated carbocycles. The third kappa shape index (κ3) is 4.53. The van der Waals surface area contributed by atoms with Crippen molar-refractivity contribution in [2.24, 2.45) is 0 Å². The van der Waals surface area contributed by atoms with E-state index in [1.165, 1.54) is 46.7 Å². The highest BCUT2D eigenvalue weighted by Crippen LogP contribution is 2.49. The molecule has 0 spiro atoms. The van der Waals surface area contributed by atoms with E-state index in [2.05, 4.69) is 71.9 Å². The molecule has 0 aliphatic heterocycles. The van der Waals surface area contributed by atoms with Crippen LogP contribution in [0.4, 0.5) is 0 Å². The second kappa shape index (κ2) is 8.41. The van der Waals surface area contributed by atoms with Gasteiger partial charge in [0, 0.05) is 12.0 Å². The average molecular weight is 405 g/mol. The van der Waals surface area contributed by atoms with Crippen LogP contribution in [-0.4, -0.2) is 12.6 Å². The maximum Gasteiger partial charge on any atom is 0.330 e. The van der Waals surface area contributed by atoms with Crippen LogP contribution in [0.15, 0.2) is 42.5 Å². The van der Waals surface area contributed by atoms with Gasteiger partial charge in [-0.25, -0.2) is 4.79 Å². The standard InChI is InChI=1S/C28H36O2/c1-8-30-25(29)13-12-21-10-9-11-22(18-21)20(3)23-16-19(2)17-24-26(23)28(6,7)15-14-27(24,4)5/h9-13,16-18,20H,8,14-15H2,1-7H3/b13-12+. The first kappa shape index (κ1) is 22.3. The van der Waals surface area contributed by atoms with Gasteiger partial charge in [-0.15, -0.1) is 0 Å². The number of ether oxygens (including phenoxy) is 1. The number of hydrogen-bond acceptors (Lipinski definition) is 2. The van der Waals surface area contributed by atoms with E-state index in [-0.39, 0.29) is 22.7 Å². The van der Waals surface area contributed by atoms with E-state index in [1.807, 2.05) is 19.1 Å². The van der Waals surface area contributed by atoms with E-state index in [1.54, 1.807) is 0 Å². The molecule has 0 aromatic heterocycles. The van der Waals surface area contributed by atoms with Gasteiger partial charge < -0.3 is 4.74 Å². The Labute approximate surface area is 182 Å². The first-order valence-corrected chi connectivity index (χ1v) is 11.2. The van der Waals surface area contributed by atoms with Crippen LogP contribution in [-0.2, 0) is 20.4 Å². The van der Waals surface area contributed by atoms with Crippen LogP contribution in [0, 0.1) is 6.92 Å². The Morgan fingerprint density at radius 3 is 2.50 bits per heavy atom. The summed E-state index contributed by atoms with van der Waals surface area (Å²) in [6, 6.07) is 13.3. The smallest absolute Gasteiger partial charge is 0.330 e. The highest BCUT2D eigenvalue weighted by atomic mass is 16.5. The van der Waals surface area contributed by atoms with E-state index in [4.69, 9.17) is 4.74 Å². The van der Waals surface area contributed by atoms with Crippen molar-refractivity contribution in [1.29, 1.82) is 0 Å². The van der Waals surface area contributed by atoms with Crippen molar-refractivity contribution < 1.29 is 9.53 Å². The number of fused-ring (bicyclic) bond motifs is 1. The van der Waals surface area contributed by atoms with Crippen LogP contribution in [0.2, 0.25) is 0 Å². The van der Waals surface area contributed by atoms with Gasteiger partial charge in [-0.3, -0.25) is 0 Å². The van der Waals surface area contributed by atoms with E-state index >= 15 is 0 Å². The molecule has 160 valence electrons. The van der Waals surface area contributed by atoms with Gasteiger partial charge in [0.1, 0.15) is 0 Å². The van der Waals surface area contributed by atoms with Crippen LogP contribution in [0.25, 0.3) is 6.08 Å². The van der Waals surface area contributed by atoms with Gasteiger partial charge >= 0.3 is 5.97 Å². The molecule has 0 heterocycles. The highest BCUT2D eigenvalue weighted by Gasteiger charge is 2.39. The summed E-state index contributed by atoms with van der Waals surface area (Å²) in [7, 11) is 0. The lowest BCUT2D eigenvalue weighted by Crippen LogP contribution is -2.35. The molecule has 0 radical (unpaired) electrons. The third-order valence-corrected chi connectivity index (χ3v) is 6.67. The van der Waals surface area contributed by atoms with Gasteiger partial charge in [0.2, 0.25) is 0 Å². The summed E-state index contributed by atoms with van der Waals surface area (Å²) < 4.78 is 5.00. The molecule has 2 aromatic carbocycles. The zero-order chi connectivity index (χ0) is 22.1. The third-order valence-electron chi connectivity index (χ3n) is 6.67. The van der Waals surface area contributed by atoms with Crippen molar-refractivity contribution in [3.63, 3.8) is 0 Å². The zero-order valence-corrected chi connectivity index (χ0v) is 19.6. The molecule has 2 nitrogen and oxygen atoms in total. The minimum absolute atomic E-state index is 0.170. The Morgan fingerprint density at radius 1 is 1.10 bits per heavy atom. The summed E-state index contributed by atoms with van der Waals surface area (Å²) in [6.45, 7) is 16.3. The van der Waals surface area contributed by atoms with E-state index in [0.29, 0.717) is 6.61 Å². The van der Waals surface area contributed by atoms with Gasteiger partial charge in [0.05, 0.1) is 6.61 Å². The van der Waals surface area contributed by atoms with Crippen LogP contribution < -0.4 is 0 Å². The fourth-order valence-electron chi connectivity index (χ4n) is 4.80. The van der Waals surface area contributed by atoms with E-state index in [9.17, 15) is 4.79 Å². The number of benzene rings is 2. The molecule has 1 unspecified atom stereocenters. The summed E-state index contributed by atoms with van der Waals surface area (Å²) in [4.78, 5) is 11.7. The van der Waals surface area contributed by atoms with Crippen molar-refractivity contribution in [3.8, 4) is 0 Å². The summed E-state index contributed by atoms with van der Waals surface area (Å²) >= 11 is 0. The average Bonchev–Trinajstić information content (AvgIpc) is 2.69. The Kier molecular flexibility index (Phi) is 6.26. The zero-order valence-electron chi connectivity index (χ0n) is 19.6. The van der Waals surface area contributed by atoms with Crippen molar-refractivity contribution in [1.82, 2.24) is 0 Å². The van der Waals surface area contributed by atoms with E-state index < -0.39 is 0 Å². The normalized spacial score (nSPS) is 18.1. The van der Waals surface area contributed by atoms with Crippen molar-refractivity contribution in [2.45, 2.75) is 78.1 Å². The summed E-state index contributed by atoms with van der Waals surface area (Å²) in [5.41, 5.74) is 8.48. The SMILES string of the molecule is CCOC(=O)/C=C/c1cccc(C(C)c2cc(C)cc3c2C(C)(C)CCC3(C)C)c1. The molecule has 1 aliphatic rings. The predicted octanol–water partition coefficient (Wildman–Crippen LogP) is 7.07. The quantitative estimate of drug-likeness (QED) is 0.393. The number of aryl methyl sites for hydroxylation is 1. The molecule has 3 rings (SSSR count). The molecule has 0 amide bonds. The highest BCUT2D eigenvalue weighted by molar-refractivity contribution is 5.87. The molecular formula is C28H36O2. The molecule has 2 heteroatoms. The predicted molar refractivity (Wildman–Crippen MR) is 126 cm³/mol. The topological polar surface area (TPSA) is 26.3 Å². The molecule has 0 bridgehead atoms. The number of rotatable bonds is 5. The van der Waals surface area contributed by atoms with Crippen LogP contribution >= 0.6 is 0 Å². The van der Waals surface area contributed by atoms with Gasteiger partial charge in [-0.1, -0.05) is 76.6 Å². The Morgan fingerprint density at radius 2 is 1.80 bits per heavy atom. The number of carbonyl (C=O) groups is 1. The lowest BCUT2D eigenvalue weighted by atomic mass is 9.60. The van der Waals surface area contributed by atoms with Crippen molar-refractivity contribution in [2.75, 3.05) is 6.61 Å². The van der Waals surface area contributed by atoms with Crippen LogP contribution in [0.3, 0.4) is 0 Å². The van der Waals surface area contributed by atoms with Crippen LogP contribution in [0.1, 0.15) is 93.7 Å². The number of hydrogen-bond donors (Lipinski definition) is 0. The molecule has 1 aliphatic carbocycles. The van der Waals surface area contributed by atoms with Crippen molar-refractivity contribution in [3.05, 3.63) is 75.9 Å². The Balaban J connectivity index is 2.05. The molecule has 2 aromatic rings. The second-order valence-corrected chi connectivity index (χ2v) is 10.0. The molecule has 0 fully saturated rings. The number of esters is 1. The fourth-order valence-corrected chi connectivity index (χ4v) is 4.80. The summed E-state index contributed by atoms with van der Waals surface area (Å²) in [5, 5.41) is 0. The first-order chi connectivity index (χ1) is 14.0. The van der Waals surface area contributed by atoms with Gasteiger partial charge in [-0.2, -0.15) is 0 Å². The fraction of sp³-hybridized carbons (Fsp3) is 0.464. The van der Waals surface area contributed by atoms with Crippen molar-refractivity contribution >= 4 is 12.0 Å². The van der Waals surface area contributed by atoms with Gasteiger partial charge in [-0.05, 0) is 71.4 Å². The summed E-state index contributed by atoms with van der Waals surface area (Å²) in [5.74, 6) is -0.0181. The molecule has 1 atom stereocenters. The van der Waals surface area contributed by atoms with Crippen LogP contribution in [0.5, 0.6) is 0 Å². The van der Waals surface area contributed by atoms with E-state index in [0.717, 1.165) is 5.56 Å². The minimum Gasteiger partial charge on any atom is -0.463 e.